The summed E-state index contributed by atoms with van der Waals surface area (Å²) in [6.45, 7) is 0.718. The molecule has 4 saturated carbocycles. The Kier molecular flexibility index (Phi) is 2.22. The van der Waals surface area contributed by atoms with Crippen LogP contribution in [0.2, 0.25) is 0 Å². The van der Waals surface area contributed by atoms with E-state index in [0.29, 0.717) is 5.54 Å². The molecule has 0 aromatic carbocycles. The fourth-order valence-electron chi connectivity index (χ4n) is 4.64. The maximum Gasteiger partial charge on any atom is 0.121 e. The largest absolute Gasteiger partial charge is 0.307 e. The molecule has 82 valence electrons. The van der Waals surface area contributed by atoms with Crippen LogP contribution in [0.25, 0.3) is 0 Å². The van der Waals surface area contributed by atoms with Gasteiger partial charge in [-0.1, -0.05) is 0 Å². The van der Waals surface area contributed by atoms with Gasteiger partial charge in [-0.3, -0.25) is 0 Å². The van der Waals surface area contributed by atoms with Gasteiger partial charge in [-0.25, -0.2) is 4.79 Å². The third-order valence-electron chi connectivity index (χ3n) is 4.70. The maximum absolute atomic E-state index is 10.2. The van der Waals surface area contributed by atoms with E-state index >= 15 is 0 Å². The molecule has 0 saturated heterocycles. The van der Waals surface area contributed by atoms with Crippen molar-refractivity contribution in [2.75, 3.05) is 6.54 Å². The normalized spacial score (nSPS) is 46.5. The monoisotopic (exact) mass is 205 g/mol. The molecule has 15 heavy (non-hydrogen) atoms. The van der Waals surface area contributed by atoms with Crippen molar-refractivity contribution in [3.8, 4) is 0 Å². The van der Waals surface area contributed by atoms with Crippen LogP contribution in [-0.4, -0.2) is 18.0 Å². The molecule has 4 rings (SSSR count). The van der Waals surface area contributed by atoms with E-state index in [0.717, 1.165) is 24.3 Å². The molecule has 0 aromatic heterocycles. The van der Waals surface area contributed by atoms with E-state index in [1.807, 2.05) is 5.94 Å². The van der Waals surface area contributed by atoms with Crippen molar-refractivity contribution in [1.82, 2.24) is 5.32 Å². The maximum atomic E-state index is 10.2. The van der Waals surface area contributed by atoms with Crippen LogP contribution < -0.4 is 5.32 Å². The lowest BCUT2D eigenvalue weighted by atomic mass is 9.53. The van der Waals surface area contributed by atoms with E-state index in [4.69, 9.17) is 0 Å². The van der Waals surface area contributed by atoms with Crippen LogP contribution >= 0.6 is 0 Å². The Balaban J connectivity index is 1.72. The predicted octanol–water partition coefficient (Wildman–Crippen LogP) is 1.93. The summed E-state index contributed by atoms with van der Waals surface area (Å²) in [6.07, 6.45) is 10.1. The highest BCUT2D eigenvalue weighted by Gasteiger charge is 2.50. The Bertz CT molecular complexity index is 268. The second-order valence-electron chi connectivity index (χ2n) is 5.90. The standard InChI is InChI=1S/C13H19NO/c15-3-1-2-14-13-7-10-4-11(8-13)6-12(5-10)9-13/h1,10-12,14H,2,4-9H2. The molecule has 2 heteroatoms. The molecule has 0 aromatic rings. The number of hydrogen-bond acceptors (Lipinski definition) is 2. The van der Waals surface area contributed by atoms with Crippen molar-refractivity contribution in [3.05, 3.63) is 6.08 Å². The van der Waals surface area contributed by atoms with Crippen LogP contribution in [0.1, 0.15) is 38.5 Å². The molecular formula is C13H19NO. The average Bonchev–Trinajstić information content (AvgIpc) is 2.15. The van der Waals surface area contributed by atoms with Gasteiger partial charge in [0.25, 0.3) is 0 Å². The number of carbonyl (C=O) groups excluding carboxylic acids is 1. The summed E-state index contributed by atoms with van der Waals surface area (Å²) >= 11 is 0. The summed E-state index contributed by atoms with van der Waals surface area (Å²) in [7, 11) is 0. The summed E-state index contributed by atoms with van der Waals surface area (Å²) in [5.74, 6) is 4.79. The molecule has 0 aliphatic heterocycles. The van der Waals surface area contributed by atoms with E-state index in [9.17, 15) is 4.79 Å². The highest BCUT2D eigenvalue weighted by atomic mass is 16.1. The number of rotatable bonds is 3. The van der Waals surface area contributed by atoms with Crippen molar-refractivity contribution in [1.29, 1.82) is 0 Å². The van der Waals surface area contributed by atoms with Gasteiger partial charge < -0.3 is 5.32 Å². The lowest BCUT2D eigenvalue weighted by Gasteiger charge is -2.57. The summed E-state index contributed by atoms with van der Waals surface area (Å²) in [5.41, 5.74) is 0.391. The van der Waals surface area contributed by atoms with Crippen LogP contribution in [0.3, 0.4) is 0 Å². The SMILES string of the molecule is O=C=CCNC12CC3CC(CC(C3)C1)C2. The number of hydrogen-bond donors (Lipinski definition) is 1. The quantitative estimate of drug-likeness (QED) is 0.713. The molecule has 0 amide bonds. The number of nitrogens with one attached hydrogen (secondary N) is 1. The van der Waals surface area contributed by atoms with Gasteiger partial charge in [0.05, 0.1) is 0 Å². The van der Waals surface area contributed by atoms with Crippen LogP contribution in [-0.2, 0) is 4.79 Å². The molecule has 0 radical (unpaired) electrons. The minimum atomic E-state index is 0.391. The topological polar surface area (TPSA) is 29.1 Å². The van der Waals surface area contributed by atoms with Crippen molar-refractivity contribution in [2.24, 2.45) is 17.8 Å². The molecule has 0 atom stereocenters. The van der Waals surface area contributed by atoms with Gasteiger partial charge in [0.15, 0.2) is 0 Å². The van der Waals surface area contributed by atoms with Crippen molar-refractivity contribution in [3.63, 3.8) is 0 Å². The summed E-state index contributed by atoms with van der Waals surface area (Å²) in [4.78, 5) is 10.2. The highest BCUT2D eigenvalue weighted by Crippen LogP contribution is 2.55. The van der Waals surface area contributed by atoms with E-state index in [-0.39, 0.29) is 0 Å². The van der Waals surface area contributed by atoms with Gasteiger partial charge in [0, 0.05) is 18.2 Å². The molecule has 4 aliphatic carbocycles. The third-order valence-corrected chi connectivity index (χ3v) is 4.70. The Morgan fingerprint density at radius 1 is 1.13 bits per heavy atom. The zero-order chi connectivity index (χ0) is 10.3. The van der Waals surface area contributed by atoms with Gasteiger partial charge in [-0.2, -0.15) is 0 Å². The summed E-state index contributed by atoms with van der Waals surface area (Å²) < 4.78 is 0. The first-order valence-electron chi connectivity index (χ1n) is 6.24. The van der Waals surface area contributed by atoms with Crippen LogP contribution in [0.5, 0.6) is 0 Å². The Morgan fingerprint density at radius 2 is 1.67 bits per heavy atom. The molecule has 0 unspecified atom stereocenters. The van der Waals surface area contributed by atoms with Crippen molar-refractivity contribution < 1.29 is 4.79 Å². The Hall–Kier alpha value is -0.590. The zero-order valence-corrected chi connectivity index (χ0v) is 9.17. The fraction of sp³-hybridized carbons (Fsp3) is 0.846. The van der Waals surface area contributed by atoms with Gasteiger partial charge in [-0.15, -0.1) is 0 Å². The van der Waals surface area contributed by atoms with Crippen LogP contribution in [0.15, 0.2) is 6.08 Å². The predicted molar refractivity (Wildman–Crippen MR) is 59.2 cm³/mol. The fourth-order valence-corrected chi connectivity index (χ4v) is 4.64. The molecule has 1 N–H and O–H groups in total. The van der Waals surface area contributed by atoms with E-state index in [1.165, 1.54) is 38.5 Å². The smallest absolute Gasteiger partial charge is 0.121 e. The van der Waals surface area contributed by atoms with E-state index in [2.05, 4.69) is 5.32 Å². The Labute approximate surface area is 91.1 Å². The molecule has 0 heterocycles. The molecule has 0 spiro atoms. The first-order chi connectivity index (χ1) is 7.30. The lowest BCUT2D eigenvalue weighted by molar-refractivity contribution is -0.0178. The molecule has 4 aliphatic rings. The lowest BCUT2D eigenvalue weighted by Crippen LogP contribution is -2.58. The van der Waals surface area contributed by atoms with Crippen LogP contribution in [0, 0.1) is 17.8 Å². The zero-order valence-electron chi connectivity index (χ0n) is 9.17. The second kappa shape index (κ2) is 3.47. The highest BCUT2D eigenvalue weighted by molar-refractivity contribution is 5.45. The molecule has 4 bridgehead atoms. The first kappa shape index (κ1) is 9.62. The van der Waals surface area contributed by atoms with E-state index < -0.39 is 0 Å². The Morgan fingerprint density at radius 3 is 2.13 bits per heavy atom. The molecule has 2 nitrogen and oxygen atoms in total. The van der Waals surface area contributed by atoms with Crippen molar-refractivity contribution in [2.45, 2.75) is 44.1 Å². The molecule has 4 fully saturated rings. The minimum Gasteiger partial charge on any atom is -0.307 e. The summed E-state index contributed by atoms with van der Waals surface area (Å²) in [6, 6.07) is 0. The molecular weight excluding hydrogens is 186 g/mol. The minimum absolute atomic E-state index is 0.391. The second-order valence-corrected chi connectivity index (χ2v) is 5.90. The van der Waals surface area contributed by atoms with Gasteiger partial charge >= 0.3 is 0 Å². The van der Waals surface area contributed by atoms with Gasteiger partial charge in [-0.05, 0) is 56.3 Å². The van der Waals surface area contributed by atoms with Crippen molar-refractivity contribution >= 4 is 5.94 Å². The first-order valence-corrected chi connectivity index (χ1v) is 6.24. The van der Waals surface area contributed by atoms with Gasteiger partial charge in [0.1, 0.15) is 5.94 Å². The average molecular weight is 205 g/mol. The van der Waals surface area contributed by atoms with Crippen LogP contribution in [0.4, 0.5) is 0 Å². The third kappa shape index (κ3) is 1.66. The van der Waals surface area contributed by atoms with Gasteiger partial charge in [0.2, 0.25) is 0 Å². The van der Waals surface area contributed by atoms with E-state index in [1.54, 1.807) is 6.08 Å². The summed E-state index contributed by atoms with van der Waals surface area (Å²) in [5, 5.41) is 3.61.